The summed E-state index contributed by atoms with van der Waals surface area (Å²) in [5.74, 6) is -0.752. The summed E-state index contributed by atoms with van der Waals surface area (Å²) >= 11 is 0. The molecule has 0 aliphatic rings. The Morgan fingerprint density at radius 1 is 1.25 bits per heavy atom. The van der Waals surface area contributed by atoms with Crippen LogP contribution in [0.15, 0.2) is 12.2 Å². The number of aliphatic hydroxyl groups is 1. The fourth-order valence-electron chi connectivity index (χ4n) is 3.00. The van der Waals surface area contributed by atoms with Gasteiger partial charge in [-0.25, -0.2) is 4.79 Å². The molecule has 0 saturated heterocycles. The van der Waals surface area contributed by atoms with Gasteiger partial charge < -0.3 is 14.7 Å². The van der Waals surface area contributed by atoms with Gasteiger partial charge in [0.2, 0.25) is 0 Å². The van der Waals surface area contributed by atoms with Gasteiger partial charge >= 0.3 is 5.97 Å². The summed E-state index contributed by atoms with van der Waals surface area (Å²) in [6.07, 6.45) is 6.95. The molecular formula is C16H32NO3+. The molecule has 0 bridgehead atoms. The Kier molecular flexibility index (Phi) is 9.51. The maximum absolute atomic E-state index is 11.5. The number of likely N-dealkylation sites (N-methyl/N-ethyl adjacent to an activating group) is 1. The quantitative estimate of drug-likeness (QED) is 0.349. The minimum atomic E-state index is -0.752. The van der Waals surface area contributed by atoms with Crippen molar-refractivity contribution in [3.63, 3.8) is 0 Å². The van der Waals surface area contributed by atoms with Gasteiger partial charge in [-0.2, -0.15) is 0 Å². The van der Waals surface area contributed by atoms with Gasteiger partial charge in [0.25, 0.3) is 0 Å². The molecule has 2 N–H and O–H groups in total. The van der Waals surface area contributed by atoms with E-state index in [4.69, 9.17) is 0 Å². The highest BCUT2D eigenvalue weighted by Crippen LogP contribution is 2.20. The fourth-order valence-corrected chi connectivity index (χ4v) is 3.00. The van der Waals surface area contributed by atoms with E-state index < -0.39 is 18.1 Å². The first kappa shape index (κ1) is 19.1. The largest absolute Gasteiger partial charge is 0.477 e. The van der Waals surface area contributed by atoms with Gasteiger partial charge in [0.15, 0.2) is 6.04 Å². The molecule has 20 heavy (non-hydrogen) atoms. The standard InChI is InChI=1S/C16H31NO3/c1-5-9-10-11-12-14(18)13-17(7-3,8-4)15(6-2)16(19)20/h5,9,14-15,18H,6-8,10-13H2,1-4H3/p+1/b9-5+. The molecule has 0 rings (SSSR count). The van der Waals surface area contributed by atoms with Crippen molar-refractivity contribution in [2.24, 2.45) is 0 Å². The highest BCUT2D eigenvalue weighted by molar-refractivity contribution is 5.72. The maximum Gasteiger partial charge on any atom is 0.362 e. The first-order valence-electron chi connectivity index (χ1n) is 7.85. The number of aliphatic carboxylic acids is 1. The Balaban J connectivity index is 4.69. The third-order valence-corrected chi connectivity index (χ3v) is 4.31. The topological polar surface area (TPSA) is 57.5 Å². The Labute approximate surface area is 123 Å². The van der Waals surface area contributed by atoms with Crippen molar-refractivity contribution in [3.05, 3.63) is 12.2 Å². The molecule has 0 saturated carbocycles. The Morgan fingerprint density at radius 3 is 2.25 bits per heavy atom. The first-order chi connectivity index (χ1) is 9.47. The molecule has 118 valence electrons. The molecule has 0 aliphatic carbocycles. The third-order valence-electron chi connectivity index (χ3n) is 4.31. The SMILES string of the molecule is C/C=C/CCCC(O)C[N+](CC)(CC)C(CC)C(=O)O. The smallest absolute Gasteiger partial charge is 0.362 e. The van der Waals surface area contributed by atoms with E-state index in [1.165, 1.54) is 0 Å². The number of aliphatic hydroxyl groups excluding tert-OH is 1. The second-order valence-electron chi connectivity index (χ2n) is 5.45. The summed E-state index contributed by atoms with van der Waals surface area (Å²) in [4.78, 5) is 11.5. The molecule has 0 radical (unpaired) electrons. The van der Waals surface area contributed by atoms with Gasteiger partial charge in [-0.3, -0.25) is 0 Å². The average molecular weight is 286 g/mol. The first-order valence-corrected chi connectivity index (χ1v) is 7.85. The zero-order valence-corrected chi connectivity index (χ0v) is 13.5. The number of hydrogen-bond acceptors (Lipinski definition) is 2. The molecule has 0 spiro atoms. The summed E-state index contributed by atoms with van der Waals surface area (Å²) in [6, 6.07) is -0.421. The molecular weight excluding hydrogens is 254 g/mol. The average Bonchev–Trinajstić information content (AvgIpc) is 2.42. The Morgan fingerprint density at radius 2 is 1.85 bits per heavy atom. The second-order valence-corrected chi connectivity index (χ2v) is 5.45. The predicted molar refractivity (Wildman–Crippen MR) is 82.6 cm³/mol. The van der Waals surface area contributed by atoms with Crippen LogP contribution in [0.25, 0.3) is 0 Å². The van der Waals surface area contributed by atoms with Gasteiger partial charge in [-0.05, 0) is 40.0 Å². The third kappa shape index (κ3) is 5.63. The van der Waals surface area contributed by atoms with Crippen molar-refractivity contribution >= 4 is 5.97 Å². The molecule has 0 aromatic heterocycles. The van der Waals surface area contributed by atoms with Gasteiger partial charge in [-0.15, -0.1) is 0 Å². The number of rotatable bonds is 11. The summed E-state index contributed by atoms with van der Waals surface area (Å²) in [5.41, 5.74) is 0. The normalized spacial score (nSPS) is 15.4. The number of nitrogens with zero attached hydrogens (tertiary/aromatic N) is 1. The van der Waals surface area contributed by atoms with Gasteiger partial charge in [0.05, 0.1) is 13.1 Å². The number of unbranched alkanes of at least 4 members (excludes halogenated alkanes) is 1. The second kappa shape index (κ2) is 9.94. The lowest BCUT2D eigenvalue weighted by Gasteiger charge is -2.42. The predicted octanol–water partition coefficient (Wildman–Crippen LogP) is 2.81. The van der Waals surface area contributed by atoms with E-state index in [9.17, 15) is 15.0 Å². The monoisotopic (exact) mass is 286 g/mol. The van der Waals surface area contributed by atoms with E-state index in [1.807, 2.05) is 33.8 Å². The van der Waals surface area contributed by atoms with Crippen LogP contribution in [0.5, 0.6) is 0 Å². The molecule has 0 heterocycles. The van der Waals surface area contributed by atoms with Crippen LogP contribution in [0.4, 0.5) is 0 Å². The molecule has 0 fully saturated rings. The number of quaternary nitrogens is 1. The van der Waals surface area contributed by atoms with E-state index in [-0.39, 0.29) is 0 Å². The number of hydrogen-bond donors (Lipinski definition) is 2. The van der Waals surface area contributed by atoms with E-state index in [2.05, 4.69) is 6.08 Å². The van der Waals surface area contributed by atoms with Crippen molar-refractivity contribution in [3.8, 4) is 0 Å². The minimum Gasteiger partial charge on any atom is -0.477 e. The lowest BCUT2D eigenvalue weighted by atomic mass is 10.0. The van der Waals surface area contributed by atoms with Gasteiger partial charge in [0, 0.05) is 6.42 Å². The van der Waals surface area contributed by atoms with E-state index >= 15 is 0 Å². The molecule has 0 aromatic rings. The molecule has 0 amide bonds. The van der Waals surface area contributed by atoms with Crippen LogP contribution in [0.3, 0.4) is 0 Å². The lowest BCUT2D eigenvalue weighted by molar-refractivity contribution is -0.943. The van der Waals surface area contributed by atoms with Crippen LogP contribution in [0.1, 0.15) is 53.4 Å². The van der Waals surface area contributed by atoms with E-state index in [0.717, 1.165) is 32.4 Å². The van der Waals surface area contributed by atoms with Crippen LogP contribution in [0.2, 0.25) is 0 Å². The molecule has 0 aliphatic heterocycles. The van der Waals surface area contributed by atoms with Crippen LogP contribution in [0, 0.1) is 0 Å². The van der Waals surface area contributed by atoms with Crippen molar-refractivity contribution in [2.75, 3.05) is 19.6 Å². The lowest BCUT2D eigenvalue weighted by Crippen LogP contribution is -2.61. The molecule has 4 heteroatoms. The highest BCUT2D eigenvalue weighted by Gasteiger charge is 2.39. The Bertz CT molecular complexity index is 298. The molecule has 4 nitrogen and oxygen atoms in total. The van der Waals surface area contributed by atoms with Crippen LogP contribution in [-0.4, -0.2) is 52.4 Å². The summed E-state index contributed by atoms with van der Waals surface area (Å²) in [7, 11) is 0. The van der Waals surface area contributed by atoms with Crippen molar-refractivity contribution < 1.29 is 19.5 Å². The van der Waals surface area contributed by atoms with Crippen molar-refractivity contribution in [2.45, 2.75) is 65.5 Å². The summed E-state index contributed by atoms with van der Waals surface area (Å²) in [6.45, 7) is 9.96. The number of carboxylic acid groups (broad SMARTS) is 1. The Hall–Kier alpha value is -0.870. The zero-order chi connectivity index (χ0) is 15.6. The summed E-state index contributed by atoms with van der Waals surface area (Å²) in [5, 5.41) is 19.7. The van der Waals surface area contributed by atoms with Crippen LogP contribution >= 0.6 is 0 Å². The van der Waals surface area contributed by atoms with Gasteiger partial charge in [0.1, 0.15) is 12.6 Å². The number of carboxylic acids is 1. The molecule has 2 unspecified atom stereocenters. The minimum absolute atomic E-state index is 0.421. The number of allylic oxidation sites excluding steroid dienone is 2. The zero-order valence-electron chi connectivity index (χ0n) is 13.5. The van der Waals surface area contributed by atoms with Gasteiger partial charge in [-0.1, -0.05) is 19.1 Å². The van der Waals surface area contributed by atoms with Crippen LogP contribution < -0.4 is 0 Å². The van der Waals surface area contributed by atoms with E-state index in [0.29, 0.717) is 17.4 Å². The summed E-state index contributed by atoms with van der Waals surface area (Å²) < 4.78 is 0.469. The molecule has 2 atom stereocenters. The maximum atomic E-state index is 11.5. The van der Waals surface area contributed by atoms with E-state index in [1.54, 1.807) is 0 Å². The van der Waals surface area contributed by atoms with Crippen molar-refractivity contribution in [1.82, 2.24) is 0 Å². The highest BCUT2D eigenvalue weighted by atomic mass is 16.4. The number of carbonyl (C=O) groups is 1. The van der Waals surface area contributed by atoms with Crippen molar-refractivity contribution in [1.29, 1.82) is 0 Å². The molecule has 0 aromatic carbocycles. The fraction of sp³-hybridized carbons (Fsp3) is 0.812. The van der Waals surface area contributed by atoms with Crippen LogP contribution in [-0.2, 0) is 4.79 Å².